The molecule has 35 heteroatoms. The molecule has 0 bridgehead atoms. The number of carbonyl (C=O) groups excluding carboxylic acids is 3. The number of phenols is 1. The van der Waals surface area contributed by atoms with Crippen molar-refractivity contribution in [2.24, 2.45) is 11.8 Å². The van der Waals surface area contributed by atoms with Crippen molar-refractivity contribution in [3.63, 3.8) is 0 Å². The van der Waals surface area contributed by atoms with Crippen LogP contribution in [0.15, 0.2) is 0 Å². The first-order valence-electron chi connectivity index (χ1n) is 31.9. The Kier molecular flexibility index (Phi) is 22.1. The third-order valence-electron chi connectivity index (χ3n) is 19.8. The Hall–Kier alpha value is -3.03. The van der Waals surface area contributed by atoms with E-state index in [2.05, 4.69) is 0 Å². The average molecular weight is 1420 g/mol. The molecule has 1 aromatic rings. The van der Waals surface area contributed by atoms with E-state index < -0.39 is 224 Å². The van der Waals surface area contributed by atoms with Gasteiger partial charge in [0.05, 0.1) is 74.3 Å². The Labute approximate surface area is 561 Å². The summed E-state index contributed by atoms with van der Waals surface area (Å²) >= 11 is 12.5. The smallest absolute Gasteiger partial charge is 0.342 e. The predicted octanol–water partition coefficient (Wildman–Crippen LogP) is -0.384. The molecule has 8 N–H and O–H groups in total. The highest BCUT2D eigenvalue weighted by atomic mass is 35.5. The van der Waals surface area contributed by atoms with Crippen molar-refractivity contribution in [3.05, 3.63) is 21.2 Å². The van der Waals surface area contributed by atoms with E-state index in [1.54, 1.807) is 34.6 Å². The molecule has 0 amide bonds. The molecule has 9 heterocycles. The second-order valence-corrected chi connectivity index (χ2v) is 27.3. The van der Waals surface area contributed by atoms with Crippen LogP contribution >= 0.6 is 23.2 Å². The lowest BCUT2D eigenvalue weighted by Crippen LogP contribution is -2.72. The molecule has 9 aliphatic heterocycles. The lowest BCUT2D eigenvalue weighted by molar-refractivity contribution is -0.428. The summed E-state index contributed by atoms with van der Waals surface area (Å²) in [6.07, 6.45) is -37.2. The van der Waals surface area contributed by atoms with Gasteiger partial charge in [0.1, 0.15) is 108 Å². The SMILES string of the molecule is COC[C@H]1O[C@@H](O[C@@H]2OC[C@@H]3O[C@]4(O[C@H]3[C@H]2OC(=O)C(C)C)O[C@H](C)[C@@](O)(C(C)=O)[C@@H]2OCO[C@H]24)[C@@H](OC)[C@@H](O)[C@@H]1O[C@@H]1O[C@H](O)[C@H](OC)[C@H](O[C@@H]2O[C@H](C)[C@H]3O[C@]4(C[C@@H](O)[C@H](O[C@H]5C[C@@H](O)[C@H](OC(=O)c6c(C)c(Cl)c(O)c(Cl)c6OC)[C@@H](C)C5)[C@@H](C)O4)O[C@]3(C)[C@@H]2O)[C@H]1O. The molecule has 96 heavy (non-hydrogen) atoms. The average Bonchev–Trinajstić information content (AvgIpc) is 1.54. The zero-order chi connectivity index (χ0) is 69.7. The minimum Gasteiger partial charge on any atom is -0.505 e. The Balaban J connectivity index is 0.732. The van der Waals surface area contributed by atoms with Crippen LogP contribution in [-0.4, -0.2) is 296 Å². The van der Waals surface area contributed by atoms with E-state index in [1.807, 2.05) is 0 Å². The van der Waals surface area contributed by atoms with E-state index in [0.29, 0.717) is 0 Å². The maximum Gasteiger partial charge on any atom is 0.342 e. The number of aliphatic hydroxyl groups is 7. The van der Waals surface area contributed by atoms with Crippen molar-refractivity contribution in [2.75, 3.05) is 48.4 Å². The number of methoxy groups -OCH3 is 4. The van der Waals surface area contributed by atoms with Gasteiger partial charge in [0.25, 0.3) is 5.97 Å². The van der Waals surface area contributed by atoms with Gasteiger partial charge in [0.2, 0.25) is 6.29 Å². The summed E-state index contributed by atoms with van der Waals surface area (Å²) in [6.45, 7) is 12.9. The number of halogens is 2. The number of Topliss-reactive ketones (excluding diaryl/α,β-unsaturated/α-hetero) is 1. The van der Waals surface area contributed by atoms with Gasteiger partial charge in [0, 0.05) is 27.8 Å². The van der Waals surface area contributed by atoms with Crippen LogP contribution < -0.4 is 4.74 Å². The number of esters is 2. The lowest BCUT2D eigenvalue weighted by Gasteiger charge is -2.50. The van der Waals surface area contributed by atoms with Crippen molar-refractivity contribution >= 4 is 40.9 Å². The van der Waals surface area contributed by atoms with Gasteiger partial charge in [-0.25, -0.2) is 4.79 Å². The molecule has 9 saturated heterocycles. The Morgan fingerprint density at radius 3 is 2.02 bits per heavy atom. The molecule has 1 aromatic carbocycles. The molecule has 10 fully saturated rings. The van der Waals surface area contributed by atoms with Gasteiger partial charge in [-0.15, -0.1) is 0 Å². The molecular weight excluding hydrogens is 1330 g/mol. The summed E-state index contributed by atoms with van der Waals surface area (Å²) in [7, 11) is 5.03. The van der Waals surface area contributed by atoms with Crippen LogP contribution in [0.2, 0.25) is 10.0 Å². The quantitative estimate of drug-likeness (QED) is 0.0868. The van der Waals surface area contributed by atoms with Crippen molar-refractivity contribution < 1.29 is 159 Å². The summed E-state index contributed by atoms with van der Waals surface area (Å²) in [6, 6.07) is 0. The van der Waals surface area contributed by atoms with Crippen LogP contribution in [0.5, 0.6) is 11.5 Å². The molecule has 10 aliphatic rings. The van der Waals surface area contributed by atoms with Crippen molar-refractivity contribution in [1.82, 2.24) is 0 Å². The first-order valence-corrected chi connectivity index (χ1v) is 32.6. The monoisotopic (exact) mass is 1420 g/mol. The van der Waals surface area contributed by atoms with Crippen LogP contribution in [0.25, 0.3) is 0 Å². The number of benzene rings is 1. The fourth-order valence-corrected chi connectivity index (χ4v) is 15.3. The van der Waals surface area contributed by atoms with Crippen LogP contribution in [0.1, 0.15) is 90.6 Å². The van der Waals surface area contributed by atoms with Gasteiger partial charge < -0.3 is 145 Å². The first kappa shape index (κ1) is 74.2. The van der Waals surface area contributed by atoms with Gasteiger partial charge in [-0.1, -0.05) is 44.0 Å². The number of fused-ring (bicyclic) bond motifs is 4. The Morgan fingerprint density at radius 1 is 0.677 bits per heavy atom. The number of carbonyl (C=O) groups is 3. The highest BCUT2D eigenvalue weighted by Gasteiger charge is 2.73. The van der Waals surface area contributed by atoms with E-state index in [0.717, 1.165) is 0 Å². The number of hydrogen-bond donors (Lipinski definition) is 8. The summed E-state index contributed by atoms with van der Waals surface area (Å²) in [5, 5.41) is 92.8. The van der Waals surface area contributed by atoms with Crippen molar-refractivity contribution in [1.29, 1.82) is 0 Å². The summed E-state index contributed by atoms with van der Waals surface area (Å²) in [5.74, 6) is -8.10. The standard InChI is InChI=1S/C61H88Cl2O33/c1-20(2)51(71)86-46-41-31(93-61(94-41)50-49(80-19-81-50)60(74,25(7)64)26(8)92-61)18-79-55(46)90-56-44(77-12)36(68)40(30(84-56)17-75-10)87-54-37(69)43(45(78-13)53(73)89-54)88-57-47(70)58(9)48(24(6)82-57)95-59(96-58)16-29(66)39(23(5)91-59)83-27-14-21(3)38(28(65)15-27)85-52(72)32-22(4)33(62)35(67)34(63)42(32)76-11/h20-21,23-24,26-31,36-41,43-50,53-57,65-70,73-74H,14-19H2,1-13H3/t21-,23+,24+,26+,27+,28+,29+,30+,31-,36-,37+,38+,39+,40+,41+,43+,44-,45+,46+,47+,48+,49+,50+,53-,54+,55-,56-,57-,58+,59+,60-,61+/m0/s1. The highest BCUT2D eigenvalue weighted by molar-refractivity contribution is 6.39. The molecule has 2 spiro atoms. The topological polar surface area (TPSA) is 416 Å². The molecule has 0 unspecified atom stereocenters. The third-order valence-corrected chi connectivity index (χ3v) is 20.6. The summed E-state index contributed by atoms with van der Waals surface area (Å²) < 4.78 is 134. The largest absolute Gasteiger partial charge is 0.505 e. The van der Waals surface area contributed by atoms with Crippen LogP contribution in [-0.2, 0) is 109 Å². The minimum atomic E-state index is -2.15. The van der Waals surface area contributed by atoms with Crippen molar-refractivity contribution in [2.45, 2.75) is 270 Å². The van der Waals surface area contributed by atoms with Crippen LogP contribution in [0.4, 0.5) is 0 Å². The Morgan fingerprint density at radius 2 is 1.38 bits per heavy atom. The second kappa shape index (κ2) is 28.7. The highest BCUT2D eigenvalue weighted by Crippen LogP contribution is 2.53. The zero-order valence-corrected chi connectivity index (χ0v) is 56.5. The second-order valence-electron chi connectivity index (χ2n) is 26.5. The molecule has 33 nitrogen and oxygen atoms in total. The molecule has 1 aliphatic carbocycles. The van der Waals surface area contributed by atoms with Gasteiger partial charge in [-0.2, -0.15) is 0 Å². The number of ketones is 1. The number of aliphatic hydroxyl groups excluding tert-OH is 6. The van der Waals surface area contributed by atoms with Crippen LogP contribution in [0, 0.1) is 18.8 Å². The molecule has 0 aromatic heterocycles. The van der Waals surface area contributed by atoms with Gasteiger partial charge >= 0.3 is 17.9 Å². The minimum absolute atomic E-state index is 0.0151. The number of aromatic hydroxyl groups is 1. The molecule has 32 atom stereocenters. The van der Waals surface area contributed by atoms with Crippen molar-refractivity contribution in [3.8, 4) is 11.5 Å². The fraction of sp³-hybridized carbons (Fsp3) is 0.852. The molecule has 1 saturated carbocycles. The zero-order valence-electron chi connectivity index (χ0n) is 55.0. The van der Waals surface area contributed by atoms with Gasteiger partial charge in [-0.05, 0) is 59.4 Å². The number of rotatable bonds is 18. The number of hydrogen-bond acceptors (Lipinski definition) is 33. The first-order chi connectivity index (χ1) is 45.3. The van der Waals surface area contributed by atoms with E-state index in [-0.39, 0.29) is 66.2 Å². The van der Waals surface area contributed by atoms with Gasteiger partial charge in [-0.3, -0.25) is 9.59 Å². The molecule has 11 rings (SSSR count). The van der Waals surface area contributed by atoms with E-state index >= 15 is 0 Å². The fourth-order valence-electron chi connectivity index (χ4n) is 14.8. The molecule has 544 valence electrons. The van der Waals surface area contributed by atoms with E-state index in [1.165, 1.54) is 56.1 Å². The van der Waals surface area contributed by atoms with E-state index in [9.17, 15) is 55.2 Å². The van der Waals surface area contributed by atoms with E-state index in [4.69, 9.17) is 127 Å². The van der Waals surface area contributed by atoms with Crippen LogP contribution in [0.3, 0.4) is 0 Å². The predicted molar refractivity (Wildman–Crippen MR) is 314 cm³/mol. The molecule has 0 radical (unpaired) electrons. The number of phenolic OH excluding ortho intramolecular Hbond substituents is 1. The maximum atomic E-state index is 13.6. The molecular formula is C61H88Cl2O33. The normalized spacial score (nSPS) is 47.7. The third kappa shape index (κ3) is 13.1. The summed E-state index contributed by atoms with van der Waals surface area (Å²) in [5.41, 5.74) is -3.84. The number of ether oxygens (including phenoxy) is 22. The van der Waals surface area contributed by atoms with Gasteiger partial charge in [0.15, 0.2) is 60.3 Å². The maximum absolute atomic E-state index is 13.6. The summed E-state index contributed by atoms with van der Waals surface area (Å²) in [4.78, 5) is 39.9. The lowest BCUT2D eigenvalue weighted by atomic mass is 9.81. The Bertz CT molecular complexity index is 2930.